The molecular formula is C9H18O4. The maximum Gasteiger partial charge on any atom is 0.306 e. The summed E-state index contributed by atoms with van der Waals surface area (Å²) in [5.74, 6) is -1.06. The van der Waals surface area contributed by atoms with Crippen molar-refractivity contribution in [3.8, 4) is 0 Å². The number of aliphatic hydroxyl groups excluding tert-OH is 1. The lowest BCUT2D eigenvalue weighted by Crippen LogP contribution is -2.16. The molecule has 0 aromatic heterocycles. The van der Waals surface area contributed by atoms with Crippen LogP contribution in [0.25, 0.3) is 0 Å². The quantitative estimate of drug-likeness (QED) is 0.558. The molecule has 0 aliphatic carbocycles. The van der Waals surface area contributed by atoms with Crippen molar-refractivity contribution >= 4 is 5.97 Å². The van der Waals surface area contributed by atoms with E-state index in [1.54, 1.807) is 0 Å². The number of aliphatic hydroxyl groups is 1. The Balaban J connectivity index is 3.51. The summed E-state index contributed by atoms with van der Waals surface area (Å²) in [7, 11) is 0. The number of hydrogen-bond acceptors (Lipinski definition) is 3. The summed E-state index contributed by atoms with van der Waals surface area (Å²) < 4.78 is 5.00. The lowest BCUT2D eigenvalue weighted by atomic mass is 10.0. The first kappa shape index (κ1) is 12.4. The number of carbonyl (C=O) groups is 1. The van der Waals surface area contributed by atoms with Crippen LogP contribution in [0.1, 0.15) is 26.2 Å². The van der Waals surface area contributed by atoms with Gasteiger partial charge in [0.05, 0.1) is 19.1 Å². The molecule has 0 saturated carbocycles. The zero-order valence-electron chi connectivity index (χ0n) is 8.03. The summed E-state index contributed by atoms with van der Waals surface area (Å²) in [6.45, 7) is 2.66. The molecule has 0 bridgehead atoms. The second-order valence-corrected chi connectivity index (χ2v) is 2.95. The first-order chi connectivity index (χ1) is 6.22. The molecule has 0 radical (unpaired) electrons. The van der Waals surface area contributed by atoms with Crippen molar-refractivity contribution in [3.05, 3.63) is 0 Å². The fourth-order valence-corrected chi connectivity index (χ4v) is 1.13. The van der Waals surface area contributed by atoms with Crippen molar-refractivity contribution in [2.45, 2.75) is 26.2 Å². The van der Waals surface area contributed by atoms with Gasteiger partial charge >= 0.3 is 5.97 Å². The first-order valence-electron chi connectivity index (χ1n) is 4.63. The predicted molar refractivity (Wildman–Crippen MR) is 48.6 cm³/mol. The Hall–Kier alpha value is -0.610. The third-order valence-electron chi connectivity index (χ3n) is 1.83. The minimum Gasteiger partial charge on any atom is -0.481 e. The Bertz CT molecular complexity index is 136. The fourth-order valence-electron chi connectivity index (χ4n) is 1.13. The van der Waals surface area contributed by atoms with Gasteiger partial charge in [-0.1, -0.05) is 13.3 Å². The molecule has 0 aromatic carbocycles. The van der Waals surface area contributed by atoms with Crippen LogP contribution in [0.15, 0.2) is 0 Å². The van der Waals surface area contributed by atoms with Crippen LogP contribution in [0.2, 0.25) is 0 Å². The zero-order chi connectivity index (χ0) is 10.1. The van der Waals surface area contributed by atoms with Crippen LogP contribution in [-0.4, -0.2) is 36.0 Å². The normalized spacial score (nSPS) is 12.8. The molecule has 0 spiro atoms. The second kappa shape index (κ2) is 8.01. The van der Waals surface area contributed by atoms with Crippen molar-refractivity contribution in [1.29, 1.82) is 0 Å². The van der Waals surface area contributed by atoms with Crippen molar-refractivity contribution in [3.63, 3.8) is 0 Å². The van der Waals surface area contributed by atoms with E-state index in [0.717, 1.165) is 6.42 Å². The molecule has 13 heavy (non-hydrogen) atoms. The molecule has 0 aliphatic heterocycles. The summed E-state index contributed by atoms with van der Waals surface area (Å²) >= 11 is 0. The van der Waals surface area contributed by atoms with Gasteiger partial charge in [-0.25, -0.2) is 0 Å². The van der Waals surface area contributed by atoms with E-state index < -0.39 is 5.97 Å². The summed E-state index contributed by atoms with van der Waals surface area (Å²) in [6, 6.07) is 0. The van der Waals surface area contributed by atoms with Crippen LogP contribution >= 0.6 is 0 Å². The third kappa shape index (κ3) is 6.54. The van der Waals surface area contributed by atoms with Crippen LogP contribution in [0.4, 0.5) is 0 Å². The average Bonchev–Trinajstić information content (AvgIpc) is 2.10. The smallest absolute Gasteiger partial charge is 0.306 e. The van der Waals surface area contributed by atoms with Crippen LogP contribution in [0, 0.1) is 5.92 Å². The maximum absolute atomic E-state index is 10.6. The van der Waals surface area contributed by atoms with Crippen LogP contribution in [0.5, 0.6) is 0 Å². The Morgan fingerprint density at radius 3 is 2.54 bits per heavy atom. The molecule has 0 aliphatic rings. The average molecular weight is 190 g/mol. The van der Waals surface area contributed by atoms with Gasteiger partial charge in [0.25, 0.3) is 0 Å². The summed E-state index contributed by atoms with van der Waals surface area (Å²) in [6.07, 6.45) is 2.10. The highest BCUT2D eigenvalue weighted by molar-refractivity contribution is 5.69. The molecule has 0 rings (SSSR count). The summed E-state index contributed by atoms with van der Waals surface area (Å²) in [5, 5.41) is 17.2. The molecule has 1 unspecified atom stereocenters. The number of aliphatic carboxylic acids is 1. The van der Waals surface area contributed by atoms with E-state index in [4.69, 9.17) is 14.9 Å². The van der Waals surface area contributed by atoms with Crippen molar-refractivity contribution in [2.75, 3.05) is 19.8 Å². The van der Waals surface area contributed by atoms with Gasteiger partial charge in [0.2, 0.25) is 0 Å². The number of rotatable bonds is 8. The van der Waals surface area contributed by atoms with E-state index in [1.165, 1.54) is 0 Å². The molecule has 4 nitrogen and oxygen atoms in total. The molecule has 78 valence electrons. The molecule has 0 aromatic rings. The number of carboxylic acid groups (broad SMARTS) is 1. The topological polar surface area (TPSA) is 66.8 Å². The Morgan fingerprint density at radius 1 is 1.38 bits per heavy atom. The minimum absolute atomic E-state index is 0.00842. The van der Waals surface area contributed by atoms with Crippen molar-refractivity contribution in [2.24, 2.45) is 5.92 Å². The molecule has 4 heteroatoms. The van der Waals surface area contributed by atoms with Crippen LogP contribution < -0.4 is 0 Å². The van der Waals surface area contributed by atoms with E-state index in [1.807, 2.05) is 6.92 Å². The van der Waals surface area contributed by atoms with E-state index in [2.05, 4.69) is 0 Å². The standard InChI is InChI=1S/C9H18O4/c1-2-3-8(9(11)12)4-6-13-7-5-10/h8,10H,2-7H2,1H3,(H,11,12). The molecule has 0 amide bonds. The first-order valence-corrected chi connectivity index (χ1v) is 4.63. The van der Waals surface area contributed by atoms with Gasteiger partial charge in [-0.3, -0.25) is 4.79 Å². The monoisotopic (exact) mass is 190 g/mol. The molecular weight excluding hydrogens is 172 g/mol. The number of carboxylic acids is 1. The van der Waals surface area contributed by atoms with E-state index in [0.29, 0.717) is 26.1 Å². The highest BCUT2D eigenvalue weighted by atomic mass is 16.5. The van der Waals surface area contributed by atoms with Gasteiger partial charge in [0.1, 0.15) is 0 Å². The van der Waals surface area contributed by atoms with Crippen LogP contribution in [-0.2, 0) is 9.53 Å². The predicted octanol–water partition coefficient (Wildman–Crippen LogP) is 0.886. The lowest BCUT2D eigenvalue weighted by Gasteiger charge is -2.10. The molecule has 0 saturated heterocycles. The molecule has 0 heterocycles. The SMILES string of the molecule is CCCC(CCOCCO)C(=O)O. The highest BCUT2D eigenvalue weighted by Crippen LogP contribution is 2.11. The van der Waals surface area contributed by atoms with Gasteiger partial charge in [0.15, 0.2) is 0 Å². The van der Waals surface area contributed by atoms with Gasteiger partial charge in [-0.15, -0.1) is 0 Å². The van der Waals surface area contributed by atoms with Crippen molar-refractivity contribution in [1.82, 2.24) is 0 Å². The zero-order valence-corrected chi connectivity index (χ0v) is 8.03. The summed E-state index contributed by atoms with van der Waals surface area (Å²) in [4.78, 5) is 10.6. The minimum atomic E-state index is -0.755. The number of hydrogen-bond donors (Lipinski definition) is 2. The summed E-state index contributed by atoms with van der Waals surface area (Å²) in [5.41, 5.74) is 0. The Kier molecular flexibility index (Phi) is 7.63. The van der Waals surface area contributed by atoms with Crippen LogP contribution in [0.3, 0.4) is 0 Å². The Morgan fingerprint density at radius 2 is 2.08 bits per heavy atom. The molecule has 0 fully saturated rings. The number of ether oxygens (including phenoxy) is 1. The Labute approximate surface area is 78.5 Å². The fraction of sp³-hybridized carbons (Fsp3) is 0.889. The van der Waals surface area contributed by atoms with E-state index in [-0.39, 0.29) is 12.5 Å². The third-order valence-corrected chi connectivity index (χ3v) is 1.83. The lowest BCUT2D eigenvalue weighted by molar-refractivity contribution is -0.142. The maximum atomic E-state index is 10.6. The van der Waals surface area contributed by atoms with Crippen molar-refractivity contribution < 1.29 is 19.7 Å². The molecule has 2 N–H and O–H groups in total. The largest absolute Gasteiger partial charge is 0.481 e. The van der Waals surface area contributed by atoms with Gasteiger partial charge < -0.3 is 14.9 Å². The molecule has 1 atom stereocenters. The van der Waals surface area contributed by atoms with E-state index in [9.17, 15) is 4.79 Å². The van der Waals surface area contributed by atoms with Gasteiger partial charge in [-0.05, 0) is 12.8 Å². The second-order valence-electron chi connectivity index (χ2n) is 2.95. The van der Waals surface area contributed by atoms with Gasteiger partial charge in [-0.2, -0.15) is 0 Å². The highest BCUT2D eigenvalue weighted by Gasteiger charge is 2.15. The van der Waals surface area contributed by atoms with E-state index >= 15 is 0 Å². The van der Waals surface area contributed by atoms with Gasteiger partial charge in [0, 0.05) is 6.61 Å².